The lowest BCUT2D eigenvalue weighted by molar-refractivity contribution is 0.629. The largest absolute Gasteiger partial charge is 0.207 e. The Hall–Kier alpha value is -4.87. The Morgan fingerprint density at radius 3 is 1.65 bits per heavy atom. The van der Waals surface area contributed by atoms with Crippen LogP contribution < -0.4 is 10.7 Å². The molecule has 0 unspecified atom stereocenters. The van der Waals surface area contributed by atoms with Crippen molar-refractivity contribution in [2.45, 2.75) is 6.92 Å². The van der Waals surface area contributed by atoms with Crippen LogP contribution in [-0.4, -0.2) is 0 Å². The molecule has 0 saturated heterocycles. The van der Waals surface area contributed by atoms with Gasteiger partial charge in [-0.05, 0) is 69.9 Å². The van der Waals surface area contributed by atoms with Gasteiger partial charge in [-0.2, -0.15) is 20.5 Å². The molecule has 0 aromatic heterocycles. The number of halogens is 1. The Bertz CT molecular complexity index is 1990. The zero-order valence-electron chi connectivity index (χ0n) is 18.1. The number of rotatable bonds is 1. The molecule has 0 aliphatic rings. The molecule has 0 amide bonds. The molecule has 0 fully saturated rings. The first kappa shape index (κ1) is 19.8. The van der Waals surface area contributed by atoms with Crippen molar-refractivity contribution in [2.24, 2.45) is 9.98 Å². The molecule has 0 bridgehead atoms. The number of aryl methyl sites for hydroxylation is 1. The summed E-state index contributed by atoms with van der Waals surface area (Å²) in [5, 5.41) is 26.4. The van der Waals surface area contributed by atoms with Crippen LogP contribution in [0.2, 0.25) is 0 Å². The molecule has 0 N–H and O–H groups in total. The van der Waals surface area contributed by atoms with Crippen LogP contribution in [0.4, 0.5) is 4.39 Å². The molecule has 6 aromatic rings. The van der Waals surface area contributed by atoms with Crippen LogP contribution in [0.1, 0.15) is 5.56 Å². The number of nitriles is 2. The fraction of sp³-hybridized carbons (Fsp3) is 0.0345. The molecule has 0 aliphatic heterocycles. The molecule has 0 radical (unpaired) electrons. The molecule has 0 heterocycles. The first-order chi connectivity index (χ1) is 16.6. The molecule has 4 nitrogen and oxygen atoms in total. The average molecular weight is 438 g/mol. The van der Waals surface area contributed by atoms with E-state index in [1.165, 1.54) is 17.7 Å². The van der Waals surface area contributed by atoms with E-state index in [2.05, 4.69) is 53.3 Å². The van der Waals surface area contributed by atoms with Gasteiger partial charge < -0.3 is 0 Å². The second-order valence-corrected chi connectivity index (χ2v) is 8.38. The Balaban J connectivity index is 1.77. The number of nitrogens with zero attached hydrogens (tertiary/aromatic N) is 4. The van der Waals surface area contributed by atoms with Crippen molar-refractivity contribution in [3.63, 3.8) is 0 Å². The van der Waals surface area contributed by atoms with Gasteiger partial charge in [0.2, 0.25) is 12.4 Å². The highest BCUT2D eigenvalue weighted by atomic mass is 19.1. The predicted octanol–water partition coefficient (Wildman–Crippen LogP) is 6.05. The summed E-state index contributed by atoms with van der Waals surface area (Å²) >= 11 is 0. The van der Waals surface area contributed by atoms with Crippen LogP contribution in [0.25, 0.3) is 54.2 Å². The van der Waals surface area contributed by atoms with Gasteiger partial charge in [-0.1, -0.05) is 48.0 Å². The van der Waals surface area contributed by atoms with Crippen molar-refractivity contribution >= 4 is 43.1 Å². The topological polar surface area (TPSA) is 72.3 Å². The van der Waals surface area contributed by atoms with E-state index in [0.29, 0.717) is 16.1 Å². The average Bonchev–Trinajstić information content (AvgIpc) is 3.30. The maximum absolute atomic E-state index is 14.0. The number of benzene rings is 4. The predicted molar refractivity (Wildman–Crippen MR) is 131 cm³/mol. The molecule has 5 heteroatoms. The lowest BCUT2D eigenvalue weighted by Gasteiger charge is -2.03. The standard InChI is InChI=1S/C29H15FN4/c1-16-2-4-17(5-3-16)18-6-8-20-22-12-27-23(13-26(22)28(33-14-31)24(20)10-18)21-9-7-19(30)11-25(21)29(27)34-15-32/h2-13H,1H3/b33-28+,34-29+. The lowest BCUT2D eigenvalue weighted by atomic mass is 10.0. The minimum Gasteiger partial charge on any atom is -0.207 e. The van der Waals surface area contributed by atoms with Crippen LogP contribution in [0.3, 0.4) is 0 Å². The minimum atomic E-state index is -0.384. The molecular formula is C29H15FN4. The molecule has 0 saturated carbocycles. The van der Waals surface area contributed by atoms with E-state index >= 15 is 0 Å². The van der Waals surface area contributed by atoms with Gasteiger partial charge in [0.15, 0.2) is 0 Å². The van der Waals surface area contributed by atoms with E-state index in [0.717, 1.165) is 48.8 Å². The molecule has 6 aromatic carbocycles. The molecular weight excluding hydrogens is 423 g/mol. The zero-order valence-corrected chi connectivity index (χ0v) is 18.1. The van der Waals surface area contributed by atoms with E-state index in [4.69, 9.17) is 0 Å². The Kier molecular flexibility index (Phi) is 4.27. The quantitative estimate of drug-likeness (QED) is 0.293. The third-order valence-electron chi connectivity index (χ3n) is 6.47. The van der Waals surface area contributed by atoms with E-state index < -0.39 is 0 Å². The van der Waals surface area contributed by atoms with Gasteiger partial charge in [0.25, 0.3) is 0 Å². The molecule has 34 heavy (non-hydrogen) atoms. The normalized spacial score (nSPS) is 12.7. The maximum atomic E-state index is 14.0. The van der Waals surface area contributed by atoms with Crippen molar-refractivity contribution in [1.82, 2.24) is 0 Å². The van der Waals surface area contributed by atoms with E-state index in [-0.39, 0.29) is 5.82 Å². The van der Waals surface area contributed by atoms with Gasteiger partial charge in [0.1, 0.15) is 5.82 Å². The molecule has 0 aliphatic carbocycles. The summed E-state index contributed by atoms with van der Waals surface area (Å²) in [7, 11) is 0. The molecule has 6 rings (SSSR count). The number of hydrogen-bond acceptors (Lipinski definition) is 4. The SMILES string of the molecule is Cc1ccc(-c2ccc3c(c2)/c(=N\C#N)c2cc4c(cc23)/c(=N/C#N)c2cc(F)ccc24)cc1. The summed E-state index contributed by atoms with van der Waals surface area (Å²) in [4.78, 5) is 8.20. The van der Waals surface area contributed by atoms with E-state index in [1.54, 1.807) is 6.07 Å². The van der Waals surface area contributed by atoms with Crippen molar-refractivity contribution in [3.8, 4) is 23.5 Å². The van der Waals surface area contributed by atoms with Gasteiger partial charge in [-0.15, -0.1) is 0 Å². The van der Waals surface area contributed by atoms with Gasteiger partial charge in [-0.3, -0.25) is 0 Å². The van der Waals surface area contributed by atoms with Crippen molar-refractivity contribution < 1.29 is 4.39 Å². The third-order valence-corrected chi connectivity index (χ3v) is 6.47. The Morgan fingerprint density at radius 1 is 0.559 bits per heavy atom. The van der Waals surface area contributed by atoms with Gasteiger partial charge in [-0.25, -0.2) is 4.39 Å². The fourth-order valence-corrected chi connectivity index (χ4v) is 4.92. The summed E-state index contributed by atoms with van der Waals surface area (Å²) in [5.74, 6) is -0.384. The first-order valence-corrected chi connectivity index (χ1v) is 10.7. The Labute approximate surface area is 193 Å². The Morgan fingerprint density at radius 2 is 1.06 bits per heavy atom. The number of fused-ring (bicyclic) bond motifs is 6. The minimum absolute atomic E-state index is 0.384. The first-order valence-electron chi connectivity index (χ1n) is 10.7. The molecule has 0 spiro atoms. The summed E-state index contributed by atoms with van der Waals surface area (Å²) in [6.45, 7) is 2.05. The summed E-state index contributed by atoms with van der Waals surface area (Å²) in [5.41, 5.74) is 3.31. The summed E-state index contributed by atoms with van der Waals surface area (Å²) < 4.78 is 14.0. The monoisotopic (exact) mass is 438 g/mol. The molecule has 158 valence electrons. The summed E-state index contributed by atoms with van der Waals surface area (Å²) in [6.07, 6.45) is 3.81. The number of hydrogen-bond donors (Lipinski definition) is 0. The van der Waals surface area contributed by atoms with Crippen molar-refractivity contribution in [2.75, 3.05) is 0 Å². The highest BCUT2D eigenvalue weighted by Gasteiger charge is 2.16. The highest BCUT2D eigenvalue weighted by Crippen LogP contribution is 2.34. The van der Waals surface area contributed by atoms with Crippen LogP contribution in [0, 0.1) is 35.7 Å². The van der Waals surface area contributed by atoms with Crippen LogP contribution in [-0.2, 0) is 0 Å². The highest BCUT2D eigenvalue weighted by molar-refractivity contribution is 6.21. The van der Waals surface area contributed by atoms with Crippen LogP contribution in [0.5, 0.6) is 0 Å². The van der Waals surface area contributed by atoms with Crippen molar-refractivity contribution in [1.29, 1.82) is 10.5 Å². The van der Waals surface area contributed by atoms with Crippen LogP contribution >= 0.6 is 0 Å². The van der Waals surface area contributed by atoms with Crippen LogP contribution in [0.15, 0.2) is 82.8 Å². The fourth-order valence-electron chi connectivity index (χ4n) is 4.92. The molecule has 0 atom stereocenters. The van der Waals surface area contributed by atoms with Gasteiger partial charge in [0, 0.05) is 21.5 Å². The van der Waals surface area contributed by atoms with Gasteiger partial charge >= 0.3 is 0 Å². The summed E-state index contributed by atoms with van der Waals surface area (Å²) in [6, 6.07) is 22.9. The van der Waals surface area contributed by atoms with Gasteiger partial charge in [0.05, 0.1) is 10.7 Å². The van der Waals surface area contributed by atoms with Crippen molar-refractivity contribution in [3.05, 3.63) is 94.9 Å². The van der Waals surface area contributed by atoms with E-state index in [9.17, 15) is 14.9 Å². The lowest BCUT2D eigenvalue weighted by Crippen LogP contribution is -1.99. The zero-order chi connectivity index (χ0) is 23.4. The smallest absolute Gasteiger partial charge is 0.206 e. The second-order valence-electron chi connectivity index (χ2n) is 8.38. The maximum Gasteiger partial charge on any atom is 0.206 e. The van der Waals surface area contributed by atoms with E-state index in [1.807, 2.05) is 30.6 Å². The second kappa shape index (κ2) is 7.33. The third kappa shape index (κ3) is 2.81.